The number of rotatable bonds is 5. The molecule has 23 heavy (non-hydrogen) atoms. The highest BCUT2D eigenvalue weighted by atomic mass is 127. The van der Waals surface area contributed by atoms with Crippen LogP contribution in [0.5, 0.6) is 0 Å². The molecule has 2 rings (SSSR count). The van der Waals surface area contributed by atoms with Gasteiger partial charge < -0.3 is 11.1 Å². The SMILES string of the molecule is CCC(=O)NCc1cccc(-c2csc(N=C(N)SC)n2)n1.I. The van der Waals surface area contributed by atoms with Crippen LogP contribution in [0.3, 0.4) is 0 Å². The lowest BCUT2D eigenvalue weighted by atomic mass is 10.2. The monoisotopic (exact) mass is 463 g/mol. The van der Waals surface area contributed by atoms with Crippen molar-refractivity contribution in [1.29, 1.82) is 0 Å². The van der Waals surface area contributed by atoms with E-state index in [4.69, 9.17) is 5.73 Å². The summed E-state index contributed by atoms with van der Waals surface area (Å²) in [5.74, 6) is 0.00465. The first kappa shape index (κ1) is 19.8. The molecular weight excluding hydrogens is 445 g/mol. The van der Waals surface area contributed by atoms with E-state index in [9.17, 15) is 4.79 Å². The van der Waals surface area contributed by atoms with E-state index in [1.807, 2.05) is 36.8 Å². The first-order valence-electron chi connectivity index (χ1n) is 6.69. The van der Waals surface area contributed by atoms with Crippen molar-refractivity contribution in [3.05, 3.63) is 29.3 Å². The summed E-state index contributed by atoms with van der Waals surface area (Å²) in [7, 11) is 0. The highest BCUT2D eigenvalue weighted by Crippen LogP contribution is 2.26. The van der Waals surface area contributed by atoms with Gasteiger partial charge in [0.1, 0.15) is 5.69 Å². The lowest BCUT2D eigenvalue weighted by Gasteiger charge is -2.04. The molecule has 0 saturated heterocycles. The van der Waals surface area contributed by atoms with Crippen LogP contribution in [0.15, 0.2) is 28.6 Å². The van der Waals surface area contributed by atoms with E-state index >= 15 is 0 Å². The zero-order valence-corrected chi connectivity index (χ0v) is 16.7. The highest BCUT2D eigenvalue weighted by molar-refractivity contribution is 14.0. The van der Waals surface area contributed by atoms with E-state index in [2.05, 4.69) is 20.3 Å². The standard InChI is InChI=1S/C14H17N5OS2.HI/c1-3-12(20)16-7-9-5-4-6-10(17-9)11-8-22-14(18-11)19-13(15)21-2;/h4-6,8H,3,7H2,1-2H3,(H,16,20)(H2,15,18,19);1H. The molecule has 124 valence electrons. The molecule has 0 atom stereocenters. The van der Waals surface area contributed by atoms with Crippen molar-refractivity contribution in [3.8, 4) is 11.4 Å². The fourth-order valence-corrected chi connectivity index (χ4v) is 2.54. The van der Waals surface area contributed by atoms with Crippen molar-refractivity contribution in [3.63, 3.8) is 0 Å². The molecule has 0 aliphatic rings. The van der Waals surface area contributed by atoms with Gasteiger partial charge in [0.25, 0.3) is 0 Å². The number of aromatic nitrogens is 2. The Bertz CT molecular complexity index is 689. The van der Waals surface area contributed by atoms with Crippen LogP contribution in [-0.2, 0) is 11.3 Å². The fourth-order valence-electron chi connectivity index (χ4n) is 1.61. The van der Waals surface area contributed by atoms with Gasteiger partial charge >= 0.3 is 0 Å². The minimum atomic E-state index is 0. The van der Waals surface area contributed by atoms with Crippen LogP contribution in [-0.4, -0.2) is 27.3 Å². The number of halogens is 1. The number of hydrogen-bond donors (Lipinski definition) is 2. The van der Waals surface area contributed by atoms with Crippen molar-refractivity contribution in [1.82, 2.24) is 15.3 Å². The molecule has 0 unspecified atom stereocenters. The minimum Gasteiger partial charge on any atom is -0.378 e. The molecule has 0 aliphatic heterocycles. The number of hydrogen-bond acceptors (Lipinski definition) is 6. The molecule has 0 saturated carbocycles. The van der Waals surface area contributed by atoms with Gasteiger partial charge in [-0.15, -0.1) is 35.3 Å². The van der Waals surface area contributed by atoms with E-state index in [0.29, 0.717) is 23.3 Å². The van der Waals surface area contributed by atoms with Gasteiger partial charge in [0.2, 0.25) is 11.0 Å². The van der Waals surface area contributed by atoms with Crippen LogP contribution in [0.4, 0.5) is 5.13 Å². The lowest BCUT2D eigenvalue weighted by molar-refractivity contribution is -0.120. The smallest absolute Gasteiger partial charge is 0.220 e. The van der Waals surface area contributed by atoms with Gasteiger partial charge in [0.05, 0.1) is 17.9 Å². The van der Waals surface area contributed by atoms with Gasteiger partial charge in [-0.05, 0) is 18.4 Å². The minimum absolute atomic E-state index is 0. The molecule has 2 aromatic rings. The van der Waals surface area contributed by atoms with Crippen LogP contribution in [0.2, 0.25) is 0 Å². The molecule has 6 nitrogen and oxygen atoms in total. The van der Waals surface area contributed by atoms with E-state index < -0.39 is 0 Å². The largest absolute Gasteiger partial charge is 0.378 e. The molecule has 0 radical (unpaired) electrons. The fraction of sp³-hybridized carbons (Fsp3) is 0.286. The predicted molar refractivity (Wildman–Crippen MR) is 108 cm³/mol. The number of nitrogens with two attached hydrogens (primary N) is 1. The van der Waals surface area contributed by atoms with E-state index in [1.54, 1.807) is 0 Å². The van der Waals surface area contributed by atoms with Gasteiger partial charge in [-0.2, -0.15) is 4.99 Å². The van der Waals surface area contributed by atoms with Crippen molar-refractivity contribution >= 4 is 63.3 Å². The third-order valence-corrected chi connectivity index (χ3v) is 4.01. The summed E-state index contributed by atoms with van der Waals surface area (Å²) in [5.41, 5.74) is 7.98. The summed E-state index contributed by atoms with van der Waals surface area (Å²) >= 11 is 2.79. The van der Waals surface area contributed by atoms with Crippen molar-refractivity contribution in [2.45, 2.75) is 19.9 Å². The number of carbonyl (C=O) groups is 1. The molecule has 0 fully saturated rings. The summed E-state index contributed by atoms with van der Waals surface area (Å²) < 4.78 is 0. The van der Waals surface area contributed by atoms with Gasteiger partial charge in [-0.3, -0.25) is 4.79 Å². The van der Waals surface area contributed by atoms with Crippen LogP contribution >= 0.6 is 47.1 Å². The number of amides is 1. The summed E-state index contributed by atoms with van der Waals surface area (Å²) in [4.78, 5) is 24.4. The molecular formula is C14H18IN5OS2. The Hall–Kier alpha value is -1.20. The second kappa shape index (κ2) is 9.83. The number of aliphatic imine (C=N–C) groups is 1. The molecule has 2 aromatic heterocycles. The van der Waals surface area contributed by atoms with Crippen molar-refractivity contribution in [2.75, 3.05) is 6.26 Å². The van der Waals surface area contributed by atoms with E-state index in [0.717, 1.165) is 17.1 Å². The van der Waals surface area contributed by atoms with Gasteiger partial charge in [0, 0.05) is 11.8 Å². The molecule has 0 aliphatic carbocycles. The molecule has 3 N–H and O–H groups in total. The Balaban J connectivity index is 0.00000264. The van der Waals surface area contributed by atoms with Gasteiger partial charge in [-0.25, -0.2) is 9.97 Å². The number of nitrogens with zero attached hydrogens (tertiary/aromatic N) is 3. The summed E-state index contributed by atoms with van der Waals surface area (Å²) in [6.07, 6.45) is 2.33. The second-order valence-corrected chi connectivity index (χ2v) is 5.98. The zero-order valence-electron chi connectivity index (χ0n) is 12.8. The molecule has 2 heterocycles. The number of amidine groups is 1. The van der Waals surface area contributed by atoms with Crippen LogP contribution < -0.4 is 11.1 Å². The Morgan fingerprint density at radius 2 is 2.17 bits per heavy atom. The van der Waals surface area contributed by atoms with Crippen LogP contribution in [0, 0.1) is 0 Å². The number of pyridine rings is 1. The average molecular weight is 463 g/mol. The van der Waals surface area contributed by atoms with E-state index in [1.165, 1.54) is 23.1 Å². The second-order valence-electron chi connectivity index (χ2n) is 4.31. The van der Waals surface area contributed by atoms with Gasteiger partial charge in [-0.1, -0.05) is 24.8 Å². The van der Waals surface area contributed by atoms with Crippen LogP contribution in [0.25, 0.3) is 11.4 Å². The highest BCUT2D eigenvalue weighted by Gasteiger charge is 2.07. The quantitative estimate of drug-likeness (QED) is 0.404. The number of thiazole rings is 1. The molecule has 0 spiro atoms. The molecule has 1 amide bonds. The normalized spacial score (nSPS) is 11.0. The Morgan fingerprint density at radius 3 is 2.87 bits per heavy atom. The Kier molecular flexibility index (Phi) is 8.48. The topological polar surface area (TPSA) is 93.3 Å². The predicted octanol–water partition coefficient (Wildman–Crippen LogP) is 3.16. The molecule has 9 heteroatoms. The molecule has 0 aromatic carbocycles. The van der Waals surface area contributed by atoms with Crippen molar-refractivity contribution < 1.29 is 4.79 Å². The maximum atomic E-state index is 11.3. The van der Waals surface area contributed by atoms with Crippen LogP contribution in [0.1, 0.15) is 19.0 Å². The lowest BCUT2D eigenvalue weighted by Crippen LogP contribution is -2.22. The maximum Gasteiger partial charge on any atom is 0.220 e. The molecule has 0 bridgehead atoms. The summed E-state index contributed by atoms with van der Waals surface area (Å²) in [6, 6.07) is 5.65. The maximum absolute atomic E-state index is 11.3. The Labute approximate surface area is 160 Å². The average Bonchev–Trinajstić information content (AvgIpc) is 3.01. The zero-order chi connectivity index (χ0) is 15.9. The Morgan fingerprint density at radius 1 is 1.39 bits per heavy atom. The summed E-state index contributed by atoms with van der Waals surface area (Å²) in [5, 5.41) is 5.78. The van der Waals surface area contributed by atoms with Gasteiger partial charge in [0.15, 0.2) is 5.17 Å². The van der Waals surface area contributed by atoms with E-state index in [-0.39, 0.29) is 29.9 Å². The van der Waals surface area contributed by atoms with Crippen molar-refractivity contribution in [2.24, 2.45) is 10.7 Å². The number of thioether (sulfide) groups is 1. The first-order chi connectivity index (χ1) is 10.6. The third kappa shape index (κ3) is 6.07. The summed E-state index contributed by atoms with van der Waals surface area (Å²) in [6.45, 7) is 2.23. The number of nitrogens with one attached hydrogen (secondary N) is 1. The first-order valence-corrected chi connectivity index (χ1v) is 8.79. The third-order valence-electron chi connectivity index (χ3n) is 2.76. The number of carbonyl (C=O) groups excluding carboxylic acids is 1.